The van der Waals surface area contributed by atoms with Crippen molar-refractivity contribution in [3.05, 3.63) is 71.7 Å². The second kappa shape index (κ2) is 18.1. The highest BCUT2D eigenvalue weighted by molar-refractivity contribution is 5.95. The Morgan fingerprint density at radius 3 is 2.11 bits per heavy atom. The summed E-state index contributed by atoms with van der Waals surface area (Å²) >= 11 is 0. The van der Waals surface area contributed by atoms with Gasteiger partial charge in [0, 0.05) is 50.7 Å². The molecule has 1 saturated heterocycles. The van der Waals surface area contributed by atoms with E-state index in [1.54, 1.807) is 65.3 Å². The van der Waals surface area contributed by atoms with Crippen molar-refractivity contribution in [2.24, 2.45) is 5.92 Å². The van der Waals surface area contributed by atoms with Crippen LogP contribution in [-0.4, -0.2) is 92.0 Å². The number of amides is 4. The number of carbonyl (C=O) groups excluding carboxylic acids is 4. The topological polar surface area (TPSA) is 173 Å². The van der Waals surface area contributed by atoms with Gasteiger partial charge in [-0.3, -0.25) is 19.7 Å². The lowest BCUT2D eigenvalue weighted by atomic mass is 9.84. The number of nitrogens with zero attached hydrogens (tertiary/aromatic N) is 3. The van der Waals surface area contributed by atoms with Crippen LogP contribution in [0.2, 0.25) is 0 Å². The maximum atomic E-state index is 13.5. The first-order chi connectivity index (χ1) is 25.5. The number of carbonyl (C=O) groups is 4. The van der Waals surface area contributed by atoms with Crippen LogP contribution >= 0.6 is 0 Å². The van der Waals surface area contributed by atoms with Gasteiger partial charge in [0.15, 0.2) is 0 Å². The van der Waals surface area contributed by atoms with Gasteiger partial charge in [0.25, 0.3) is 11.8 Å². The van der Waals surface area contributed by atoms with Gasteiger partial charge in [0.1, 0.15) is 17.5 Å². The summed E-state index contributed by atoms with van der Waals surface area (Å²) in [5.74, 6) is -0.122. The van der Waals surface area contributed by atoms with E-state index in [4.69, 9.17) is 14.2 Å². The van der Waals surface area contributed by atoms with Gasteiger partial charge < -0.3 is 35.1 Å². The number of hydrogen-bond donors (Lipinski definition) is 4. The highest BCUT2D eigenvalue weighted by atomic mass is 16.6. The van der Waals surface area contributed by atoms with E-state index in [1.165, 1.54) is 0 Å². The molecule has 1 aliphatic carbocycles. The van der Waals surface area contributed by atoms with E-state index < -0.39 is 23.6 Å². The Kier molecular flexibility index (Phi) is 13.4. The molecule has 2 heterocycles. The van der Waals surface area contributed by atoms with Crippen molar-refractivity contribution in [1.82, 2.24) is 25.9 Å². The molecule has 5 rings (SSSR count). The number of rotatable bonds is 14. The summed E-state index contributed by atoms with van der Waals surface area (Å²) in [5.41, 5.74) is 2.69. The van der Waals surface area contributed by atoms with Crippen molar-refractivity contribution >= 4 is 35.3 Å². The lowest BCUT2D eigenvalue weighted by molar-refractivity contribution is -0.122. The smallest absolute Gasteiger partial charge is 0.412 e. The minimum atomic E-state index is -0.598. The molecule has 1 aromatic heterocycles. The molecule has 1 aliphatic heterocycles. The number of benzene rings is 2. The van der Waals surface area contributed by atoms with Crippen LogP contribution in [0, 0.1) is 5.92 Å². The SMILES string of the molecule is COCCNC(=O)c1nc(CNC(=O)c2ccc(-c3ccc(NC(=O)OC(C)(C)C)cc3)cc2)cc(N2[C@H](C(=O)NCCOC)C[C@@H]3CCCC[C@@H]32)n1. The number of ether oxygens (including phenoxy) is 3. The molecular weight excluding hydrogens is 678 g/mol. The monoisotopic (exact) mass is 729 g/mol. The first-order valence-corrected chi connectivity index (χ1v) is 18.1. The quantitative estimate of drug-likeness (QED) is 0.171. The van der Waals surface area contributed by atoms with Crippen LogP contribution in [-0.2, 0) is 25.5 Å². The van der Waals surface area contributed by atoms with Crippen LogP contribution in [0.3, 0.4) is 0 Å². The van der Waals surface area contributed by atoms with E-state index in [1.807, 2.05) is 24.3 Å². The van der Waals surface area contributed by atoms with Crippen LogP contribution in [0.25, 0.3) is 11.1 Å². The summed E-state index contributed by atoms with van der Waals surface area (Å²) in [5, 5.41) is 11.4. The van der Waals surface area contributed by atoms with Gasteiger partial charge in [-0.05, 0) is 81.3 Å². The van der Waals surface area contributed by atoms with E-state index in [0.717, 1.165) is 36.8 Å². The van der Waals surface area contributed by atoms with Crippen molar-refractivity contribution in [2.75, 3.05) is 50.7 Å². The number of aromatic nitrogens is 2. The fraction of sp³-hybridized carbons (Fsp3) is 0.487. The van der Waals surface area contributed by atoms with E-state index in [2.05, 4.69) is 36.1 Å². The van der Waals surface area contributed by atoms with Gasteiger partial charge in [0.05, 0.1) is 25.5 Å². The summed E-state index contributed by atoms with van der Waals surface area (Å²) in [6, 6.07) is 15.9. The van der Waals surface area contributed by atoms with Gasteiger partial charge in [-0.15, -0.1) is 0 Å². The summed E-state index contributed by atoms with van der Waals surface area (Å²) in [6.45, 7) is 6.84. The lowest BCUT2D eigenvalue weighted by Crippen LogP contribution is -2.48. The maximum Gasteiger partial charge on any atom is 0.412 e. The first-order valence-electron chi connectivity index (χ1n) is 18.1. The predicted octanol–water partition coefficient (Wildman–Crippen LogP) is 4.70. The average Bonchev–Trinajstić information content (AvgIpc) is 3.53. The summed E-state index contributed by atoms with van der Waals surface area (Å²) in [4.78, 5) is 63.4. The molecule has 2 aromatic carbocycles. The molecule has 0 radical (unpaired) electrons. The third-order valence-corrected chi connectivity index (χ3v) is 9.26. The lowest BCUT2D eigenvalue weighted by Gasteiger charge is -2.34. The van der Waals surface area contributed by atoms with Crippen molar-refractivity contribution in [1.29, 1.82) is 0 Å². The molecule has 3 atom stereocenters. The third-order valence-electron chi connectivity index (χ3n) is 9.26. The van der Waals surface area contributed by atoms with Crippen LogP contribution < -0.4 is 26.2 Å². The molecule has 0 spiro atoms. The molecule has 2 aliphatic rings. The second-order valence-electron chi connectivity index (χ2n) is 14.3. The number of nitrogens with one attached hydrogen (secondary N) is 4. The Labute approximate surface area is 310 Å². The van der Waals surface area contributed by atoms with Gasteiger partial charge in [-0.2, -0.15) is 0 Å². The molecule has 1 saturated carbocycles. The third kappa shape index (κ3) is 10.7. The molecule has 4 amide bonds. The Hall–Kier alpha value is -5.08. The summed E-state index contributed by atoms with van der Waals surface area (Å²) in [6.07, 6.45) is 4.26. The molecule has 284 valence electrons. The molecule has 0 unspecified atom stereocenters. The zero-order chi connectivity index (χ0) is 38.0. The molecule has 3 aromatic rings. The zero-order valence-corrected chi connectivity index (χ0v) is 31.2. The van der Waals surface area contributed by atoms with Crippen molar-refractivity contribution < 1.29 is 33.4 Å². The van der Waals surface area contributed by atoms with Crippen molar-refractivity contribution in [2.45, 2.75) is 77.1 Å². The van der Waals surface area contributed by atoms with Gasteiger partial charge >= 0.3 is 6.09 Å². The molecule has 14 nitrogen and oxygen atoms in total. The highest BCUT2D eigenvalue weighted by Crippen LogP contribution is 2.42. The number of fused-ring (bicyclic) bond motifs is 1. The Morgan fingerprint density at radius 2 is 1.45 bits per heavy atom. The predicted molar refractivity (Wildman–Crippen MR) is 201 cm³/mol. The van der Waals surface area contributed by atoms with Crippen LogP contribution in [0.4, 0.5) is 16.3 Å². The summed E-state index contributed by atoms with van der Waals surface area (Å²) < 4.78 is 15.5. The molecule has 53 heavy (non-hydrogen) atoms. The standard InChI is InChI=1S/C39H51N7O7/c1-39(2,3)53-38(50)44-29-16-14-26(15-17-29)25-10-12-27(13-11-25)35(47)42-24-30-23-33(45-34(43-30)37(49)41-19-21-52-5)46-31-9-7-6-8-28(31)22-32(46)36(48)40-18-20-51-4/h10-17,23,28,31-32H,6-9,18-22,24H2,1-5H3,(H,40,48)(H,41,49)(H,42,47)(H,44,50)/t28-,31-,32-/m0/s1. The Bertz CT molecular complexity index is 1730. The van der Waals surface area contributed by atoms with Gasteiger partial charge in [-0.25, -0.2) is 14.8 Å². The van der Waals surface area contributed by atoms with Gasteiger partial charge in [0.2, 0.25) is 11.7 Å². The van der Waals surface area contributed by atoms with Crippen molar-refractivity contribution in [3.63, 3.8) is 0 Å². The maximum absolute atomic E-state index is 13.5. The summed E-state index contributed by atoms with van der Waals surface area (Å²) in [7, 11) is 3.14. The first kappa shape index (κ1) is 39.1. The Balaban J connectivity index is 1.31. The molecule has 4 N–H and O–H groups in total. The molecular formula is C39H51N7O7. The molecule has 14 heteroatoms. The van der Waals surface area contributed by atoms with Crippen LogP contribution in [0.15, 0.2) is 54.6 Å². The normalized spacial score (nSPS) is 18.1. The zero-order valence-electron chi connectivity index (χ0n) is 31.2. The van der Waals surface area contributed by atoms with E-state index in [0.29, 0.717) is 54.9 Å². The van der Waals surface area contributed by atoms with E-state index >= 15 is 0 Å². The Morgan fingerprint density at radius 1 is 0.811 bits per heavy atom. The van der Waals surface area contributed by atoms with E-state index in [-0.39, 0.29) is 36.8 Å². The minimum Gasteiger partial charge on any atom is -0.444 e. The minimum absolute atomic E-state index is 0.0349. The number of methoxy groups -OCH3 is 2. The highest BCUT2D eigenvalue weighted by Gasteiger charge is 2.46. The molecule has 0 bridgehead atoms. The fourth-order valence-corrected chi connectivity index (χ4v) is 6.83. The average molecular weight is 730 g/mol. The number of anilines is 2. The van der Waals surface area contributed by atoms with Crippen LogP contribution in [0.1, 0.15) is 79.5 Å². The van der Waals surface area contributed by atoms with Crippen molar-refractivity contribution in [3.8, 4) is 11.1 Å². The fourth-order valence-electron chi connectivity index (χ4n) is 6.83. The van der Waals surface area contributed by atoms with E-state index in [9.17, 15) is 19.2 Å². The molecule has 2 fully saturated rings. The van der Waals surface area contributed by atoms with Crippen LogP contribution in [0.5, 0.6) is 0 Å². The van der Waals surface area contributed by atoms with Gasteiger partial charge in [-0.1, -0.05) is 37.1 Å². The number of hydrogen-bond acceptors (Lipinski definition) is 10. The largest absolute Gasteiger partial charge is 0.444 e. The second-order valence-corrected chi connectivity index (χ2v) is 14.3.